The van der Waals surface area contributed by atoms with Crippen molar-refractivity contribution in [1.29, 1.82) is 0 Å². The van der Waals surface area contributed by atoms with Gasteiger partial charge in [-0.05, 0) is 25.1 Å². The van der Waals surface area contributed by atoms with Crippen LogP contribution in [-0.4, -0.2) is 36.1 Å². The van der Waals surface area contributed by atoms with Crippen molar-refractivity contribution in [2.24, 2.45) is 5.92 Å². The van der Waals surface area contributed by atoms with Crippen LogP contribution >= 0.6 is 0 Å². The molecule has 1 heterocycles. The van der Waals surface area contributed by atoms with Gasteiger partial charge in [-0.2, -0.15) is 0 Å². The highest BCUT2D eigenvalue weighted by atomic mass is 19.1. The van der Waals surface area contributed by atoms with Crippen LogP contribution in [0.25, 0.3) is 0 Å². The number of halogens is 1. The number of anilines is 1. The maximum Gasteiger partial charge on any atom is 0.340 e. The molecule has 1 aliphatic rings. The van der Waals surface area contributed by atoms with E-state index in [1.54, 1.807) is 6.92 Å². The number of ether oxygens (including phenoxy) is 1. The van der Waals surface area contributed by atoms with Gasteiger partial charge in [-0.25, -0.2) is 9.18 Å². The predicted octanol–water partition coefficient (Wildman–Crippen LogP) is 1.44. The van der Waals surface area contributed by atoms with Crippen LogP contribution < -0.4 is 4.90 Å². The molecule has 0 radical (unpaired) electrons. The van der Waals surface area contributed by atoms with Crippen LogP contribution in [0.3, 0.4) is 0 Å². The Morgan fingerprint density at radius 3 is 2.76 bits per heavy atom. The minimum atomic E-state index is -1.08. The molecule has 1 N–H and O–H groups in total. The molecule has 0 aliphatic carbocycles. The number of nitrogens with zero attached hydrogens (tertiary/aromatic N) is 1. The SMILES string of the molecule is CCOC(=O)c1cc(F)ccc1N1CC(C(=O)O)CC1=O. The molecule has 1 saturated heterocycles. The molecular formula is C14H14FNO5. The standard InChI is InChI=1S/C14H14FNO5/c1-2-21-14(20)10-6-9(15)3-4-11(10)16-7-8(13(18)19)5-12(16)17/h3-4,6,8H,2,5,7H2,1H3,(H,18,19). The van der Waals surface area contributed by atoms with E-state index in [1.165, 1.54) is 11.0 Å². The Morgan fingerprint density at radius 1 is 1.48 bits per heavy atom. The van der Waals surface area contributed by atoms with E-state index in [1.807, 2.05) is 0 Å². The maximum atomic E-state index is 13.3. The Kier molecular flexibility index (Phi) is 4.21. The number of carbonyl (C=O) groups excluding carboxylic acids is 2. The first kappa shape index (κ1) is 15.0. The molecule has 1 aromatic carbocycles. The number of hydrogen-bond acceptors (Lipinski definition) is 4. The van der Waals surface area contributed by atoms with Gasteiger partial charge in [-0.3, -0.25) is 9.59 Å². The molecule has 1 aliphatic heterocycles. The van der Waals surface area contributed by atoms with E-state index < -0.39 is 29.6 Å². The van der Waals surface area contributed by atoms with E-state index in [4.69, 9.17) is 9.84 Å². The minimum absolute atomic E-state index is 0.0494. The summed E-state index contributed by atoms with van der Waals surface area (Å²) in [6.45, 7) is 1.67. The zero-order valence-electron chi connectivity index (χ0n) is 11.3. The van der Waals surface area contributed by atoms with E-state index in [9.17, 15) is 18.8 Å². The third-order valence-corrected chi connectivity index (χ3v) is 3.22. The average molecular weight is 295 g/mol. The number of hydrogen-bond donors (Lipinski definition) is 1. The second-order valence-electron chi connectivity index (χ2n) is 4.63. The van der Waals surface area contributed by atoms with E-state index >= 15 is 0 Å². The van der Waals surface area contributed by atoms with Gasteiger partial charge in [-0.1, -0.05) is 0 Å². The van der Waals surface area contributed by atoms with Crippen LogP contribution in [0.2, 0.25) is 0 Å². The fraction of sp³-hybridized carbons (Fsp3) is 0.357. The van der Waals surface area contributed by atoms with Gasteiger partial charge in [0.1, 0.15) is 5.82 Å². The molecule has 1 aromatic rings. The summed E-state index contributed by atoms with van der Waals surface area (Å²) < 4.78 is 18.2. The van der Waals surface area contributed by atoms with Gasteiger partial charge in [0.15, 0.2) is 0 Å². The lowest BCUT2D eigenvalue weighted by Gasteiger charge is -2.19. The van der Waals surface area contributed by atoms with Gasteiger partial charge in [0.25, 0.3) is 0 Å². The lowest BCUT2D eigenvalue weighted by atomic mass is 10.1. The summed E-state index contributed by atoms with van der Waals surface area (Å²) in [4.78, 5) is 35.9. The van der Waals surface area contributed by atoms with Crippen molar-refractivity contribution in [3.63, 3.8) is 0 Å². The second kappa shape index (κ2) is 5.90. The molecule has 1 unspecified atom stereocenters. The Bertz CT molecular complexity index is 601. The molecule has 1 fully saturated rings. The molecular weight excluding hydrogens is 281 g/mol. The normalized spacial score (nSPS) is 17.9. The van der Waals surface area contributed by atoms with Gasteiger partial charge < -0.3 is 14.7 Å². The average Bonchev–Trinajstić information content (AvgIpc) is 2.81. The number of esters is 1. The maximum absolute atomic E-state index is 13.3. The van der Waals surface area contributed by atoms with Gasteiger partial charge in [0, 0.05) is 13.0 Å². The lowest BCUT2D eigenvalue weighted by molar-refractivity contribution is -0.141. The van der Waals surface area contributed by atoms with E-state index in [2.05, 4.69) is 0 Å². The number of carboxylic acids is 1. The Balaban J connectivity index is 2.37. The highest BCUT2D eigenvalue weighted by molar-refractivity contribution is 6.05. The van der Waals surface area contributed by atoms with Crippen LogP contribution in [0.1, 0.15) is 23.7 Å². The van der Waals surface area contributed by atoms with Crippen LogP contribution in [0.4, 0.5) is 10.1 Å². The molecule has 7 heteroatoms. The summed E-state index contributed by atoms with van der Waals surface area (Å²) in [5.74, 6) is -3.72. The van der Waals surface area contributed by atoms with Crippen molar-refractivity contribution >= 4 is 23.5 Å². The smallest absolute Gasteiger partial charge is 0.340 e. The van der Waals surface area contributed by atoms with Crippen LogP contribution in [0.5, 0.6) is 0 Å². The zero-order valence-corrected chi connectivity index (χ0v) is 11.3. The number of rotatable bonds is 4. The zero-order chi connectivity index (χ0) is 15.6. The van der Waals surface area contributed by atoms with Gasteiger partial charge >= 0.3 is 11.9 Å². The highest BCUT2D eigenvalue weighted by Gasteiger charge is 2.36. The van der Waals surface area contributed by atoms with Crippen LogP contribution in [-0.2, 0) is 14.3 Å². The summed E-state index contributed by atoms with van der Waals surface area (Å²) in [7, 11) is 0. The van der Waals surface area contributed by atoms with Crippen molar-refractivity contribution in [2.75, 3.05) is 18.1 Å². The Morgan fingerprint density at radius 2 is 2.19 bits per heavy atom. The summed E-state index contributed by atoms with van der Waals surface area (Å²) in [5, 5.41) is 8.97. The molecule has 1 amide bonds. The second-order valence-corrected chi connectivity index (χ2v) is 4.63. The molecule has 0 aromatic heterocycles. The van der Waals surface area contributed by atoms with Gasteiger partial charge in [0.2, 0.25) is 5.91 Å². The molecule has 0 bridgehead atoms. The van der Waals surface area contributed by atoms with Crippen molar-refractivity contribution in [2.45, 2.75) is 13.3 Å². The molecule has 1 atom stereocenters. The van der Waals surface area contributed by atoms with Gasteiger partial charge in [0.05, 0.1) is 23.8 Å². The summed E-state index contributed by atoms with van der Waals surface area (Å²) in [5.41, 5.74) is 0.0832. The predicted molar refractivity (Wildman–Crippen MR) is 70.5 cm³/mol. The number of benzene rings is 1. The summed E-state index contributed by atoms with van der Waals surface area (Å²) in [6.07, 6.45) is -0.144. The molecule has 6 nitrogen and oxygen atoms in total. The number of aliphatic carboxylic acids is 1. The summed E-state index contributed by atoms with van der Waals surface area (Å²) >= 11 is 0. The molecule has 21 heavy (non-hydrogen) atoms. The fourth-order valence-electron chi connectivity index (χ4n) is 2.22. The van der Waals surface area contributed by atoms with Crippen molar-refractivity contribution < 1.29 is 28.6 Å². The quantitative estimate of drug-likeness (QED) is 0.850. The number of carboxylic acid groups (broad SMARTS) is 1. The lowest BCUT2D eigenvalue weighted by Crippen LogP contribution is -2.28. The van der Waals surface area contributed by atoms with Crippen molar-refractivity contribution in [1.82, 2.24) is 0 Å². The first-order valence-corrected chi connectivity index (χ1v) is 6.44. The molecule has 0 saturated carbocycles. The Hall–Kier alpha value is -2.44. The number of amides is 1. The largest absolute Gasteiger partial charge is 0.481 e. The van der Waals surface area contributed by atoms with E-state index in [0.29, 0.717) is 0 Å². The van der Waals surface area contributed by atoms with Crippen molar-refractivity contribution in [3.05, 3.63) is 29.6 Å². The third-order valence-electron chi connectivity index (χ3n) is 3.22. The first-order chi connectivity index (χ1) is 9.93. The summed E-state index contributed by atoms with van der Waals surface area (Å²) in [6, 6.07) is 3.37. The first-order valence-electron chi connectivity index (χ1n) is 6.44. The monoisotopic (exact) mass is 295 g/mol. The molecule has 0 spiro atoms. The fourth-order valence-corrected chi connectivity index (χ4v) is 2.22. The van der Waals surface area contributed by atoms with Crippen molar-refractivity contribution in [3.8, 4) is 0 Å². The molecule has 2 rings (SSSR count). The number of carbonyl (C=O) groups is 3. The van der Waals surface area contributed by atoms with Crippen LogP contribution in [0.15, 0.2) is 18.2 Å². The highest BCUT2D eigenvalue weighted by Crippen LogP contribution is 2.29. The minimum Gasteiger partial charge on any atom is -0.481 e. The topological polar surface area (TPSA) is 83.9 Å². The Labute approximate surface area is 120 Å². The van der Waals surface area contributed by atoms with E-state index in [-0.39, 0.29) is 30.8 Å². The van der Waals surface area contributed by atoms with E-state index in [0.717, 1.165) is 12.1 Å². The third kappa shape index (κ3) is 3.01. The van der Waals surface area contributed by atoms with Gasteiger partial charge in [-0.15, -0.1) is 0 Å². The molecule has 112 valence electrons. The van der Waals surface area contributed by atoms with Crippen LogP contribution in [0, 0.1) is 11.7 Å².